The molecule has 1 aromatic rings. The largest absolute Gasteiger partial charge is 0.356 e. The Morgan fingerprint density at radius 2 is 1.85 bits per heavy atom. The van der Waals surface area contributed by atoms with E-state index < -0.39 is 10.0 Å². The van der Waals surface area contributed by atoms with Gasteiger partial charge in [0.1, 0.15) is 5.69 Å². The van der Waals surface area contributed by atoms with E-state index in [9.17, 15) is 18.0 Å². The minimum Gasteiger partial charge on any atom is -0.356 e. The normalized spacial score (nSPS) is 21.2. The second-order valence-electron chi connectivity index (χ2n) is 7.18. The molecule has 3 rings (SSSR count). The number of rotatable bonds is 5. The van der Waals surface area contributed by atoms with E-state index in [0.717, 1.165) is 45.0 Å². The Bertz CT molecular complexity index is 767. The fourth-order valence-electron chi connectivity index (χ4n) is 3.60. The van der Waals surface area contributed by atoms with Crippen molar-refractivity contribution in [1.82, 2.24) is 19.5 Å². The summed E-state index contributed by atoms with van der Waals surface area (Å²) in [7, 11) is -3.23. The number of nitrogens with one attached hydrogen (secondary N) is 2. The third kappa shape index (κ3) is 4.64. The van der Waals surface area contributed by atoms with Crippen LogP contribution in [0.5, 0.6) is 0 Å². The lowest BCUT2D eigenvalue weighted by Gasteiger charge is -2.32. The van der Waals surface area contributed by atoms with Crippen LogP contribution in [-0.4, -0.2) is 74.0 Å². The molecular formula is C17H26N4O4S. The molecule has 2 saturated heterocycles. The van der Waals surface area contributed by atoms with Gasteiger partial charge in [0.15, 0.2) is 0 Å². The van der Waals surface area contributed by atoms with Crippen molar-refractivity contribution in [2.45, 2.75) is 25.7 Å². The molecule has 9 heteroatoms. The Labute approximate surface area is 154 Å². The number of aromatic amines is 1. The van der Waals surface area contributed by atoms with Crippen molar-refractivity contribution in [3.05, 3.63) is 23.5 Å². The molecule has 3 heterocycles. The Morgan fingerprint density at radius 3 is 2.54 bits per heavy atom. The van der Waals surface area contributed by atoms with Crippen molar-refractivity contribution in [3.8, 4) is 0 Å². The minimum absolute atomic E-state index is 0.0598. The van der Waals surface area contributed by atoms with Gasteiger partial charge in [0, 0.05) is 38.9 Å². The third-order valence-electron chi connectivity index (χ3n) is 4.99. The van der Waals surface area contributed by atoms with Crippen LogP contribution in [0.25, 0.3) is 0 Å². The van der Waals surface area contributed by atoms with Crippen LogP contribution >= 0.6 is 0 Å². The van der Waals surface area contributed by atoms with Crippen molar-refractivity contribution >= 4 is 21.8 Å². The molecule has 144 valence electrons. The molecule has 0 bridgehead atoms. The molecule has 2 aliphatic heterocycles. The third-order valence-corrected chi connectivity index (χ3v) is 5.69. The highest BCUT2D eigenvalue weighted by atomic mass is 32.2. The number of hydrogen-bond donors (Lipinski definition) is 2. The van der Waals surface area contributed by atoms with Crippen LogP contribution in [0.1, 0.15) is 46.5 Å². The second kappa shape index (κ2) is 7.79. The summed E-state index contributed by atoms with van der Waals surface area (Å²) in [6, 6.07) is 1.63. The van der Waals surface area contributed by atoms with Crippen molar-refractivity contribution in [1.29, 1.82) is 0 Å². The molecule has 26 heavy (non-hydrogen) atoms. The second-order valence-corrected chi connectivity index (χ2v) is 9.01. The zero-order valence-electron chi connectivity index (χ0n) is 15.0. The lowest BCUT2D eigenvalue weighted by Crippen LogP contribution is -2.43. The van der Waals surface area contributed by atoms with E-state index in [1.165, 1.54) is 0 Å². The van der Waals surface area contributed by atoms with Gasteiger partial charge in [-0.1, -0.05) is 0 Å². The van der Waals surface area contributed by atoms with E-state index in [1.54, 1.807) is 22.1 Å². The van der Waals surface area contributed by atoms with Crippen LogP contribution in [0.15, 0.2) is 12.3 Å². The van der Waals surface area contributed by atoms with E-state index in [2.05, 4.69) is 9.71 Å². The van der Waals surface area contributed by atoms with Gasteiger partial charge < -0.3 is 14.8 Å². The fourth-order valence-corrected chi connectivity index (χ4v) is 4.14. The van der Waals surface area contributed by atoms with Gasteiger partial charge in [0.05, 0.1) is 11.8 Å². The van der Waals surface area contributed by atoms with Crippen LogP contribution in [0.4, 0.5) is 0 Å². The lowest BCUT2D eigenvalue weighted by atomic mass is 9.98. The molecule has 2 amide bonds. The van der Waals surface area contributed by atoms with Crippen LogP contribution < -0.4 is 4.72 Å². The summed E-state index contributed by atoms with van der Waals surface area (Å²) in [5.41, 5.74) is 0.923. The van der Waals surface area contributed by atoms with Gasteiger partial charge in [-0.15, -0.1) is 0 Å². The van der Waals surface area contributed by atoms with Crippen LogP contribution in [-0.2, 0) is 10.0 Å². The summed E-state index contributed by atoms with van der Waals surface area (Å²) in [5, 5.41) is 0. The van der Waals surface area contributed by atoms with Gasteiger partial charge in [0.25, 0.3) is 11.8 Å². The molecule has 0 unspecified atom stereocenters. The van der Waals surface area contributed by atoms with Gasteiger partial charge >= 0.3 is 0 Å². The zero-order valence-corrected chi connectivity index (χ0v) is 15.8. The topological polar surface area (TPSA) is 103 Å². The molecule has 0 spiro atoms. The first kappa shape index (κ1) is 18.9. The smallest absolute Gasteiger partial charge is 0.270 e. The van der Waals surface area contributed by atoms with E-state index in [4.69, 9.17) is 0 Å². The number of aromatic nitrogens is 1. The van der Waals surface area contributed by atoms with Gasteiger partial charge in [-0.2, -0.15) is 0 Å². The Balaban J connectivity index is 1.60. The van der Waals surface area contributed by atoms with Crippen LogP contribution in [0.3, 0.4) is 0 Å². The first-order valence-corrected chi connectivity index (χ1v) is 10.9. The summed E-state index contributed by atoms with van der Waals surface area (Å²) in [5.74, 6) is -0.0757. The maximum Gasteiger partial charge on any atom is 0.270 e. The first-order chi connectivity index (χ1) is 12.3. The van der Waals surface area contributed by atoms with Gasteiger partial charge in [-0.25, -0.2) is 13.1 Å². The average Bonchev–Trinajstić information content (AvgIpc) is 3.30. The summed E-state index contributed by atoms with van der Waals surface area (Å²) in [6.45, 7) is 3.04. The van der Waals surface area contributed by atoms with E-state index in [1.807, 2.05) is 0 Å². The summed E-state index contributed by atoms with van der Waals surface area (Å²) in [4.78, 5) is 31.6. The van der Waals surface area contributed by atoms with Crippen LogP contribution in [0.2, 0.25) is 0 Å². The fraction of sp³-hybridized carbons (Fsp3) is 0.647. The lowest BCUT2D eigenvalue weighted by molar-refractivity contribution is 0.0676. The molecule has 2 fully saturated rings. The first-order valence-electron chi connectivity index (χ1n) is 9.05. The molecule has 0 aromatic carbocycles. The molecule has 8 nitrogen and oxygen atoms in total. The summed E-state index contributed by atoms with van der Waals surface area (Å²) in [6.07, 6.45) is 6.50. The van der Waals surface area contributed by atoms with E-state index >= 15 is 0 Å². The molecule has 1 aromatic heterocycles. The number of amides is 2. The standard InChI is InChI=1S/C17H26N4O4S/c1-26(24,25)19-10-13-5-4-8-21(12-13)16(22)14-9-15(18-11-14)17(23)20-6-2-3-7-20/h9,11,13,18-19H,2-8,10,12H2,1H3/t13-/m1/s1. The number of likely N-dealkylation sites (tertiary alicyclic amines) is 2. The SMILES string of the molecule is CS(=O)(=O)NC[C@H]1CCCN(C(=O)c2c[nH]c(C(=O)N3CCCC3)c2)C1. The van der Waals surface area contributed by atoms with Gasteiger partial charge in [-0.3, -0.25) is 9.59 Å². The Morgan fingerprint density at radius 1 is 1.15 bits per heavy atom. The number of carbonyl (C=O) groups excluding carboxylic acids is 2. The Hall–Kier alpha value is -1.87. The number of carbonyl (C=O) groups is 2. The van der Waals surface area contributed by atoms with E-state index in [-0.39, 0.29) is 17.7 Å². The molecule has 2 aliphatic rings. The number of hydrogen-bond acceptors (Lipinski definition) is 4. The van der Waals surface area contributed by atoms with Crippen molar-refractivity contribution < 1.29 is 18.0 Å². The Kier molecular flexibility index (Phi) is 5.67. The number of piperidine rings is 1. The quantitative estimate of drug-likeness (QED) is 0.780. The molecule has 2 N–H and O–H groups in total. The highest BCUT2D eigenvalue weighted by molar-refractivity contribution is 7.88. The summed E-state index contributed by atoms with van der Waals surface area (Å²) < 4.78 is 25.0. The maximum atomic E-state index is 12.7. The predicted octanol–water partition coefficient (Wildman–Crippen LogP) is 0.652. The average molecular weight is 382 g/mol. The van der Waals surface area contributed by atoms with Crippen molar-refractivity contribution in [2.24, 2.45) is 5.92 Å². The molecule has 0 saturated carbocycles. The number of H-pyrrole nitrogens is 1. The highest BCUT2D eigenvalue weighted by Gasteiger charge is 2.27. The van der Waals surface area contributed by atoms with Crippen molar-refractivity contribution in [3.63, 3.8) is 0 Å². The predicted molar refractivity (Wildman–Crippen MR) is 97.4 cm³/mol. The summed E-state index contributed by atoms with van der Waals surface area (Å²) >= 11 is 0. The monoisotopic (exact) mass is 382 g/mol. The zero-order chi connectivity index (χ0) is 18.7. The minimum atomic E-state index is -3.23. The van der Waals surface area contributed by atoms with Gasteiger partial charge in [-0.05, 0) is 37.7 Å². The van der Waals surface area contributed by atoms with Gasteiger partial charge in [0.2, 0.25) is 10.0 Å². The number of nitrogens with zero attached hydrogens (tertiary/aromatic N) is 2. The van der Waals surface area contributed by atoms with E-state index in [0.29, 0.717) is 30.9 Å². The van der Waals surface area contributed by atoms with Crippen LogP contribution in [0, 0.1) is 5.92 Å². The maximum absolute atomic E-state index is 12.7. The van der Waals surface area contributed by atoms with Crippen molar-refractivity contribution in [2.75, 3.05) is 39.0 Å². The molecule has 0 aliphatic carbocycles. The molecular weight excluding hydrogens is 356 g/mol. The highest BCUT2D eigenvalue weighted by Crippen LogP contribution is 2.19. The molecule has 1 atom stereocenters. The number of sulfonamides is 1. The molecule has 0 radical (unpaired) electrons.